The predicted octanol–water partition coefficient (Wildman–Crippen LogP) is 1.51. The fraction of sp³-hybridized carbons (Fsp3) is 0.667. The van der Waals surface area contributed by atoms with Crippen LogP contribution in [0, 0.1) is 0 Å². The predicted molar refractivity (Wildman–Crippen MR) is 60.6 cm³/mol. The third kappa shape index (κ3) is 3.68. The van der Waals surface area contributed by atoms with Crippen LogP contribution in [0.4, 0.5) is 0 Å². The smallest absolute Gasteiger partial charge is 0.0431 e. The van der Waals surface area contributed by atoms with E-state index in [4.69, 9.17) is 5.11 Å². The van der Waals surface area contributed by atoms with E-state index in [0.717, 1.165) is 32.0 Å². The van der Waals surface area contributed by atoms with Gasteiger partial charge in [-0.15, -0.1) is 0 Å². The molecule has 2 rings (SSSR count). The lowest BCUT2D eigenvalue weighted by Gasteiger charge is -2.01. The summed E-state index contributed by atoms with van der Waals surface area (Å²) in [6.45, 7) is 2.32. The molecule has 0 bridgehead atoms. The first-order chi connectivity index (χ1) is 7.38. The van der Waals surface area contributed by atoms with Gasteiger partial charge < -0.3 is 15.0 Å². The summed E-state index contributed by atoms with van der Waals surface area (Å²) in [7, 11) is 0. The largest absolute Gasteiger partial charge is 0.396 e. The van der Waals surface area contributed by atoms with Gasteiger partial charge in [-0.05, 0) is 37.3 Å². The summed E-state index contributed by atoms with van der Waals surface area (Å²) < 4.78 is 2.21. The lowest BCUT2D eigenvalue weighted by molar-refractivity contribution is 0.281. The molecule has 1 heterocycles. The number of aryl methyl sites for hydroxylation is 1. The summed E-state index contributed by atoms with van der Waals surface area (Å²) >= 11 is 0. The third-order valence-electron chi connectivity index (χ3n) is 2.81. The highest BCUT2D eigenvalue weighted by Crippen LogP contribution is 2.19. The van der Waals surface area contributed by atoms with Crippen LogP contribution >= 0.6 is 0 Å². The molecule has 84 valence electrons. The van der Waals surface area contributed by atoms with Gasteiger partial charge in [-0.1, -0.05) is 0 Å². The van der Waals surface area contributed by atoms with E-state index >= 15 is 0 Å². The van der Waals surface area contributed by atoms with E-state index in [-0.39, 0.29) is 0 Å². The van der Waals surface area contributed by atoms with Gasteiger partial charge in [-0.25, -0.2) is 0 Å². The summed E-state index contributed by atoms with van der Waals surface area (Å²) in [6.07, 6.45) is 8.97. The zero-order valence-corrected chi connectivity index (χ0v) is 9.15. The number of hydrogen-bond donors (Lipinski definition) is 2. The van der Waals surface area contributed by atoms with Gasteiger partial charge in [-0.3, -0.25) is 0 Å². The average molecular weight is 208 g/mol. The van der Waals surface area contributed by atoms with Crippen molar-refractivity contribution in [3.63, 3.8) is 0 Å². The van der Waals surface area contributed by atoms with Crippen LogP contribution in [0.15, 0.2) is 18.5 Å². The monoisotopic (exact) mass is 208 g/mol. The van der Waals surface area contributed by atoms with Gasteiger partial charge in [0.15, 0.2) is 0 Å². The Bertz CT molecular complexity index is 292. The first kappa shape index (κ1) is 10.7. The Morgan fingerprint density at radius 2 is 2.27 bits per heavy atom. The van der Waals surface area contributed by atoms with Gasteiger partial charge in [0.25, 0.3) is 0 Å². The van der Waals surface area contributed by atoms with Crippen LogP contribution < -0.4 is 5.32 Å². The van der Waals surface area contributed by atoms with Crippen molar-refractivity contribution >= 4 is 0 Å². The Kier molecular flexibility index (Phi) is 3.80. The minimum atomic E-state index is 0.303. The zero-order chi connectivity index (χ0) is 10.5. The maximum absolute atomic E-state index is 8.68. The van der Waals surface area contributed by atoms with E-state index in [0.29, 0.717) is 6.61 Å². The quantitative estimate of drug-likeness (QED) is 0.667. The number of aliphatic hydroxyl groups is 1. The van der Waals surface area contributed by atoms with Crippen molar-refractivity contribution in [2.75, 3.05) is 6.61 Å². The average Bonchev–Trinajstić information content (AvgIpc) is 2.97. The molecule has 0 unspecified atom stereocenters. The van der Waals surface area contributed by atoms with Gasteiger partial charge >= 0.3 is 0 Å². The molecule has 0 saturated heterocycles. The lowest BCUT2D eigenvalue weighted by atomic mass is 10.3. The van der Waals surface area contributed by atoms with E-state index in [1.165, 1.54) is 18.4 Å². The summed E-state index contributed by atoms with van der Waals surface area (Å²) in [5.41, 5.74) is 1.37. The highest BCUT2D eigenvalue weighted by molar-refractivity contribution is 5.10. The van der Waals surface area contributed by atoms with Crippen molar-refractivity contribution in [1.82, 2.24) is 9.88 Å². The molecule has 0 atom stereocenters. The van der Waals surface area contributed by atoms with Gasteiger partial charge in [-0.2, -0.15) is 0 Å². The van der Waals surface area contributed by atoms with Crippen molar-refractivity contribution in [2.45, 2.75) is 44.8 Å². The van der Waals surface area contributed by atoms with Crippen LogP contribution in [0.5, 0.6) is 0 Å². The van der Waals surface area contributed by atoms with E-state index < -0.39 is 0 Å². The van der Waals surface area contributed by atoms with E-state index in [2.05, 4.69) is 28.3 Å². The van der Waals surface area contributed by atoms with Crippen LogP contribution in [0.2, 0.25) is 0 Å². The fourth-order valence-electron chi connectivity index (χ4n) is 1.69. The van der Waals surface area contributed by atoms with E-state index in [1.54, 1.807) is 0 Å². The second-order valence-corrected chi connectivity index (χ2v) is 4.34. The maximum atomic E-state index is 8.68. The Labute approximate surface area is 91.1 Å². The number of unbranched alkanes of at least 4 members (excludes halogenated alkanes) is 1. The minimum absolute atomic E-state index is 0.303. The number of hydrogen-bond acceptors (Lipinski definition) is 2. The lowest BCUT2D eigenvalue weighted by Crippen LogP contribution is -2.14. The van der Waals surface area contributed by atoms with Crippen molar-refractivity contribution in [1.29, 1.82) is 0 Å². The molecule has 1 saturated carbocycles. The first-order valence-corrected chi connectivity index (χ1v) is 5.87. The Morgan fingerprint density at radius 3 is 3.00 bits per heavy atom. The van der Waals surface area contributed by atoms with Crippen LogP contribution in [-0.2, 0) is 13.1 Å². The summed E-state index contributed by atoms with van der Waals surface area (Å²) in [4.78, 5) is 0. The van der Waals surface area contributed by atoms with Gasteiger partial charge in [0.05, 0.1) is 0 Å². The molecule has 1 aromatic rings. The second kappa shape index (κ2) is 5.33. The molecule has 0 radical (unpaired) electrons. The molecule has 1 aliphatic carbocycles. The van der Waals surface area contributed by atoms with Crippen LogP contribution in [0.3, 0.4) is 0 Å². The molecule has 1 aromatic heterocycles. The Morgan fingerprint density at radius 1 is 1.40 bits per heavy atom. The van der Waals surface area contributed by atoms with E-state index in [9.17, 15) is 0 Å². The van der Waals surface area contributed by atoms with E-state index in [1.807, 2.05) is 0 Å². The third-order valence-corrected chi connectivity index (χ3v) is 2.81. The molecule has 1 aliphatic rings. The SMILES string of the molecule is OCCCCn1ccc(CNC2CC2)c1. The molecule has 0 aromatic carbocycles. The molecular formula is C12H20N2O. The fourth-order valence-corrected chi connectivity index (χ4v) is 1.69. The standard InChI is InChI=1S/C12H20N2O/c15-8-2-1-6-14-7-5-11(10-14)9-13-12-3-4-12/h5,7,10,12-13,15H,1-4,6,8-9H2. The molecule has 1 fully saturated rings. The minimum Gasteiger partial charge on any atom is -0.396 e. The van der Waals surface area contributed by atoms with Gasteiger partial charge in [0.2, 0.25) is 0 Å². The second-order valence-electron chi connectivity index (χ2n) is 4.34. The molecule has 2 N–H and O–H groups in total. The number of aliphatic hydroxyl groups excluding tert-OH is 1. The Hall–Kier alpha value is -0.800. The normalized spacial score (nSPS) is 15.8. The summed E-state index contributed by atoms with van der Waals surface area (Å²) in [5.74, 6) is 0. The van der Waals surface area contributed by atoms with Gasteiger partial charge in [0.1, 0.15) is 0 Å². The highest BCUT2D eigenvalue weighted by Gasteiger charge is 2.19. The molecule has 0 amide bonds. The number of aromatic nitrogens is 1. The van der Waals surface area contributed by atoms with Crippen molar-refractivity contribution < 1.29 is 5.11 Å². The molecule has 3 heteroatoms. The van der Waals surface area contributed by atoms with Crippen molar-refractivity contribution in [2.24, 2.45) is 0 Å². The van der Waals surface area contributed by atoms with Crippen molar-refractivity contribution in [3.05, 3.63) is 24.0 Å². The van der Waals surface area contributed by atoms with Crippen molar-refractivity contribution in [3.8, 4) is 0 Å². The molecule has 3 nitrogen and oxygen atoms in total. The summed E-state index contributed by atoms with van der Waals surface area (Å²) in [5, 5.41) is 12.2. The molecule has 0 aliphatic heterocycles. The molecular weight excluding hydrogens is 188 g/mol. The van der Waals surface area contributed by atoms with Crippen LogP contribution in [0.25, 0.3) is 0 Å². The first-order valence-electron chi connectivity index (χ1n) is 5.87. The number of rotatable bonds is 7. The molecule has 15 heavy (non-hydrogen) atoms. The van der Waals surface area contributed by atoms with Gasteiger partial charge in [0, 0.05) is 38.1 Å². The number of nitrogens with one attached hydrogen (secondary N) is 1. The summed E-state index contributed by atoms with van der Waals surface area (Å²) in [6, 6.07) is 2.96. The topological polar surface area (TPSA) is 37.2 Å². The maximum Gasteiger partial charge on any atom is 0.0431 e. The van der Waals surface area contributed by atoms with Crippen LogP contribution in [0.1, 0.15) is 31.2 Å². The molecule has 0 spiro atoms. The number of nitrogens with zero attached hydrogens (tertiary/aromatic N) is 1. The van der Waals surface area contributed by atoms with Crippen LogP contribution in [-0.4, -0.2) is 22.3 Å². The highest BCUT2D eigenvalue weighted by atomic mass is 16.2. The zero-order valence-electron chi connectivity index (χ0n) is 9.15. The Balaban J connectivity index is 1.70.